The van der Waals surface area contributed by atoms with Crippen molar-refractivity contribution >= 4 is 23.4 Å². The molecule has 1 aliphatic rings. The predicted octanol–water partition coefficient (Wildman–Crippen LogP) is 4.31. The van der Waals surface area contributed by atoms with E-state index in [9.17, 15) is 4.79 Å². The van der Waals surface area contributed by atoms with E-state index < -0.39 is 0 Å². The molecule has 2 heterocycles. The van der Waals surface area contributed by atoms with Gasteiger partial charge >= 0.3 is 0 Å². The van der Waals surface area contributed by atoms with E-state index in [4.69, 9.17) is 9.15 Å². The summed E-state index contributed by atoms with van der Waals surface area (Å²) in [5.74, 6) is 1.42. The van der Waals surface area contributed by atoms with Crippen LogP contribution in [0.25, 0.3) is 11.5 Å². The molecule has 162 valence electrons. The number of amides is 1. The molecule has 2 aromatic carbocycles. The van der Waals surface area contributed by atoms with Crippen molar-refractivity contribution in [1.29, 1.82) is 0 Å². The summed E-state index contributed by atoms with van der Waals surface area (Å²) in [7, 11) is 0. The zero-order valence-electron chi connectivity index (χ0n) is 17.7. The Morgan fingerprint density at radius 1 is 1.13 bits per heavy atom. The molecule has 0 unspecified atom stereocenters. The molecule has 1 aliphatic heterocycles. The van der Waals surface area contributed by atoms with Crippen molar-refractivity contribution < 1.29 is 13.9 Å². The average molecular weight is 439 g/mol. The second-order valence-electron chi connectivity index (χ2n) is 7.18. The van der Waals surface area contributed by atoms with Crippen molar-refractivity contribution in [3.05, 3.63) is 54.1 Å². The van der Waals surface area contributed by atoms with Crippen molar-refractivity contribution in [2.75, 3.05) is 30.3 Å². The zero-order valence-corrected chi connectivity index (χ0v) is 18.5. The summed E-state index contributed by atoms with van der Waals surface area (Å²) < 4.78 is 11.4. The van der Waals surface area contributed by atoms with Gasteiger partial charge in [-0.3, -0.25) is 4.79 Å². The Morgan fingerprint density at radius 2 is 1.90 bits per heavy atom. The van der Waals surface area contributed by atoms with Crippen molar-refractivity contribution in [1.82, 2.24) is 15.5 Å². The van der Waals surface area contributed by atoms with Gasteiger partial charge in [0.05, 0.1) is 18.4 Å². The van der Waals surface area contributed by atoms with Crippen LogP contribution in [0.5, 0.6) is 5.75 Å². The Morgan fingerprint density at radius 3 is 2.68 bits per heavy atom. The Kier molecular flexibility index (Phi) is 6.76. The lowest BCUT2D eigenvalue weighted by Crippen LogP contribution is -2.33. The molecule has 1 amide bonds. The Bertz CT molecular complexity index is 1020. The summed E-state index contributed by atoms with van der Waals surface area (Å²) >= 11 is 1.24. The van der Waals surface area contributed by atoms with Crippen molar-refractivity contribution in [2.24, 2.45) is 0 Å². The number of nitrogens with zero attached hydrogens (tertiary/aromatic N) is 3. The number of rotatable bonds is 8. The monoisotopic (exact) mass is 438 g/mol. The van der Waals surface area contributed by atoms with Gasteiger partial charge in [-0.15, -0.1) is 10.2 Å². The minimum absolute atomic E-state index is 0.0411. The quantitative estimate of drug-likeness (QED) is 0.525. The molecule has 4 rings (SSSR count). The molecule has 1 aromatic heterocycles. The number of aromatic nitrogens is 2. The molecule has 0 bridgehead atoms. The number of thioether (sulfide) groups is 1. The largest absolute Gasteiger partial charge is 0.493 e. The standard InChI is InChI=1S/C23H26N4O3S/c1-3-27(4-2)17-11-9-16(10-12-17)22-25-26-23(30-22)31-15-21(28)24-19-13-14-29-20-8-6-5-7-18(19)20/h5-12,19H,3-4,13-15H2,1-2H3,(H,24,28)/t19-/m0/s1. The Labute approximate surface area is 186 Å². The van der Waals surface area contributed by atoms with Crippen LogP contribution in [-0.4, -0.2) is 41.6 Å². The van der Waals surface area contributed by atoms with Crippen LogP contribution in [0.15, 0.2) is 58.2 Å². The maximum atomic E-state index is 12.5. The van der Waals surface area contributed by atoms with Gasteiger partial charge in [-0.2, -0.15) is 0 Å². The number of hydrogen-bond donors (Lipinski definition) is 1. The van der Waals surface area contributed by atoms with Crippen LogP contribution in [0.1, 0.15) is 31.9 Å². The molecule has 8 heteroatoms. The molecular formula is C23H26N4O3S. The van der Waals surface area contributed by atoms with Gasteiger partial charge in [0.15, 0.2) is 0 Å². The third kappa shape index (κ3) is 5.02. The number of carbonyl (C=O) groups is 1. The van der Waals surface area contributed by atoms with Crippen LogP contribution < -0.4 is 15.0 Å². The first-order valence-electron chi connectivity index (χ1n) is 10.5. The highest BCUT2D eigenvalue weighted by Crippen LogP contribution is 2.32. The fourth-order valence-corrected chi connectivity index (χ4v) is 4.22. The number of ether oxygens (including phenoxy) is 1. The first-order valence-corrected chi connectivity index (χ1v) is 11.5. The lowest BCUT2D eigenvalue weighted by Gasteiger charge is -2.26. The van der Waals surface area contributed by atoms with Crippen LogP contribution >= 0.6 is 11.8 Å². The van der Waals surface area contributed by atoms with E-state index in [1.165, 1.54) is 11.8 Å². The molecule has 1 atom stereocenters. The minimum Gasteiger partial charge on any atom is -0.493 e. The van der Waals surface area contributed by atoms with Crippen molar-refractivity contribution in [3.8, 4) is 17.2 Å². The number of anilines is 1. The summed E-state index contributed by atoms with van der Waals surface area (Å²) in [5.41, 5.74) is 3.04. The highest BCUT2D eigenvalue weighted by Gasteiger charge is 2.23. The third-order valence-electron chi connectivity index (χ3n) is 5.27. The van der Waals surface area contributed by atoms with Crippen LogP contribution in [0, 0.1) is 0 Å². The second kappa shape index (κ2) is 9.87. The smallest absolute Gasteiger partial charge is 0.277 e. The van der Waals surface area contributed by atoms with E-state index in [-0.39, 0.29) is 17.7 Å². The molecule has 7 nitrogen and oxygen atoms in total. The molecular weight excluding hydrogens is 412 g/mol. The third-order valence-corrected chi connectivity index (χ3v) is 6.09. The van der Waals surface area contributed by atoms with Crippen LogP contribution in [0.3, 0.4) is 0 Å². The van der Waals surface area contributed by atoms with E-state index in [0.717, 1.165) is 42.1 Å². The number of fused-ring (bicyclic) bond motifs is 1. The fraction of sp³-hybridized carbons (Fsp3) is 0.348. The summed E-state index contributed by atoms with van der Waals surface area (Å²) in [6.07, 6.45) is 0.752. The maximum absolute atomic E-state index is 12.5. The lowest BCUT2D eigenvalue weighted by atomic mass is 10.0. The van der Waals surface area contributed by atoms with Crippen LogP contribution in [0.4, 0.5) is 5.69 Å². The Balaban J connectivity index is 1.33. The van der Waals surface area contributed by atoms with Crippen LogP contribution in [0.2, 0.25) is 0 Å². The lowest BCUT2D eigenvalue weighted by molar-refractivity contribution is -0.119. The fourth-order valence-electron chi connectivity index (χ4n) is 3.64. The number of benzene rings is 2. The average Bonchev–Trinajstić information content (AvgIpc) is 3.28. The first kappa shape index (κ1) is 21.2. The van der Waals surface area contributed by atoms with Crippen molar-refractivity contribution in [3.63, 3.8) is 0 Å². The van der Waals surface area contributed by atoms with Gasteiger partial charge in [-0.05, 0) is 44.2 Å². The molecule has 0 saturated heterocycles. The van der Waals surface area contributed by atoms with Gasteiger partial charge in [-0.25, -0.2) is 0 Å². The second-order valence-corrected chi connectivity index (χ2v) is 8.10. The summed E-state index contributed by atoms with van der Waals surface area (Å²) in [6, 6.07) is 15.8. The van der Waals surface area contributed by atoms with E-state index in [1.807, 2.05) is 36.4 Å². The molecule has 0 fully saturated rings. The van der Waals surface area contributed by atoms with Gasteiger partial charge in [0.25, 0.3) is 5.22 Å². The van der Waals surface area contributed by atoms with Gasteiger partial charge in [0, 0.05) is 36.3 Å². The van der Waals surface area contributed by atoms with E-state index in [1.54, 1.807) is 0 Å². The van der Waals surface area contributed by atoms with Gasteiger partial charge < -0.3 is 19.4 Å². The zero-order chi connectivity index (χ0) is 21.6. The van der Waals surface area contributed by atoms with E-state index >= 15 is 0 Å². The highest BCUT2D eigenvalue weighted by molar-refractivity contribution is 7.99. The Hall–Kier alpha value is -3.00. The predicted molar refractivity (Wildman–Crippen MR) is 121 cm³/mol. The van der Waals surface area contributed by atoms with Gasteiger partial charge in [0.1, 0.15) is 5.75 Å². The normalized spacial score (nSPS) is 15.1. The topological polar surface area (TPSA) is 80.5 Å². The summed E-state index contributed by atoms with van der Waals surface area (Å²) in [4.78, 5) is 14.7. The molecule has 0 aliphatic carbocycles. The summed E-state index contributed by atoms with van der Waals surface area (Å²) in [5, 5.41) is 11.7. The molecule has 31 heavy (non-hydrogen) atoms. The number of carbonyl (C=O) groups excluding carboxylic acids is 1. The highest BCUT2D eigenvalue weighted by atomic mass is 32.2. The number of hydrogen-bond acceptors (Lipinski definition) is 7. The van der Waals surface area contributed by atoms with Crippen molar-refractivity contribution in [2.45, 2.75) is 31.5 Å². The minimum atomic E-state index is -0.0740. The number of para-hydroxylation sites is 1. The summed E-state index contributed by atoms with van der Waals surface area (Å²) in [6.45, 7) is 6.78. The molecule has 1 N–H and O–H groups in total. The van der Waals surface area contributed by atoms with Crippen LogP contribution in [-0.2, 0) is 4.79 Å². The van der Waals surface area contributed by atoms with E-state index in [2.05, 4.69) is 46.4 Å². The van der Waals surface area contributed by atoms with Gasteiger partial charge in [0.2, 0.25) is 11.8 Å². The maximum Gasteiger partial charge on any atom is 0.277 e. The first-order chi connectivity index (χ1) is 15.2. The van der Waals surface area contributed by atoms with E-state index in [0.29, 0.717) is 17.7 Å². The number of nitrogens with one attached hydrogen (secondary N) is 1. The molecule has 0 radical (unpaired) electrons. The SMILES string of the molecule is CCN(CC)c1ccc(-c2nnc(SCC(=O)N[C@H]3CCOc4ccccc43)o2)cc1. The van der Waals surface area contributed by atoms with Gasteiger partial charge in [-0.1, -0.05) is 30.0 Å². The molecule has 0 spiro atoms. The molecule has 0 saturated carbocycles. The molecule has 3 aromatic rings.